The molecule has 5 nitrogen and oxygen atoms in total. The van der Waals surface area contributed by atoms with Gasteiger partial charge in [0.2, 0.25) is 5.91 Å². The highest BCUT2D eigenvalue weighted by atomic mass is 35.5. The second-order valence-corrected chi connectivity index (χ2v) is 5.31. The summed E-state index contributed by atoms with van der Waals surface area (Å²) in [6, 6.07) is 12.9. The van der Waals surface area contributed by atoms with Gasteiger partial charge in [0.1, 0.15) is 11.8 Å². The fraction of sp³-hybridized carbons (Fsp3) is 0.176. The zero-order valence-electron chi connectivity index (χ0n) is 12.8. The quantitative estimate of drug-likeness (QED) is 0.884. The number of carbonyl (C=O) groups is 2. The highest BCUT2D eigenvalue weighted by molar-refractivity contribution is 6.32. The summed E-state index contributed by atoms with van der Waals surface area (Å²) in [5.41, 5.74) is 1.03. The van der Waals surface area contributed by atoms with Gasteiger partial charge in [0.15, 0.2) is 0 Å². The Labute approximate surface area is 139 Å². The van der Waals surface area contributed by atoms with Gasteiger partial charge in [-0.15, -0.1) is 0 Å². The molecule has 0 spiro atoms. The molecule has 0 bridgehead atoms. The Kier molecular flexibility index (Phi) is 5.60. The monoisotopic (exact) mass is 332 g/mol. The summed E-state index contributed by atoms with van der Waals surface area (Å²) in [5.74, 6) is -0.119. The standard InChI is InChI=1S/C17H17ClN2O3/c1-11(19-17(22)12-6-4-3-5-7-12)16(21)20-13-8-9-15(23-2)14(18)10-13/h3-11H,1-2H3,(H,19,22)(H,20,21)/t11-/m1/s1. The largest absolute Gasteiger partial charge is 0.495 e. The first-order valence-corrected chi connectivity index (χ1v) is 7.39. The molecule has 0 aliphatic heterocycles. The van der Waals surface area contributed by atoms with E-state index in [0.717, 1.165) is 0 Å². The number of hydrogen-bond acceptors (Lipinski definition) is 3. The summed E-state index contributed by atoms with van der Waals surface area (Å²) in [4.78, 5) is 24.2. The van der Waals surface area contributed by atoms with Gasteiger partial charge in [-0.2, -0.15) is 0 Å². The number of ether oxygens (including phenoxy) is 1. The smallest absolute Gasteiger partial charge is 0.251 e. The molecule has 0 fully saturated rings. The van der Waals surface area contributed by atoms with E-state index in [4.69, 9.17) is 16.3 Å². The first-order valence-electron chi connectivity index (χ1n) is 7.01. The first kappa shape index (κ1) is 16.8. The highest BCUT2D eigenvalue weighted by Gasteiger charge is 2.17. The van der Waals surface area contributed by atoms with Crippen LogP contribution in [0.4, 0.5) is 5.69 Å². The lowest BCUT2D eigenvalue weighted by molar-refractivity contribution is -0.117. The molecule has 0 aliphatic carbocycles. The van der Waals surface area contributed by atoms with Crippen molar-refractivity contribution in [2.24, 2.45) is 0 Å². The van der Waals surface area contributed by atoms with Crippen LogP contribution in [-0.2, 0) is 4.79 Å². The van der Waals surface area contributed by atoms with Crippen molar-refractivity contribution in [3.8, 4) is 5.75 Å². The van der Waals surface area contributed by atoms with Crippen molar-refractivity contribution in [2.45, 2.75) is 13.0 Å². The van der Waals surface area contributed by atoms with Crippen LogP contribution in [0.25, 0.3) is 0 Å². The average molecular weight is 333 g/mol. The molecule has 2 N–H and O–H groups in total. The van der Waals surface area contributed by atoms with E-state index in [9.17, 15) is 9.59 Å². The zero-order chi connectivity index (χ0) is 16.8. The van der Waals surface area contributed by atoms with Crippen molar-refractivity contribution < 1.29 is 14.3 Å². The molecule has 6 heteroatoms. The maximum atomic E-state index is 12.1. The first-order chi connectivity index (χ1) is 11.0. The zero-order valence-corrected chi connectivity index (χ0v) is 13.6. The van der Waals surface area contributed by atoms with Crippen LogP contribution in [0.3, 0.4) is 0 Å². The van der Waals surface area contributed by atoms with E-state index in [1.54, 1.807) is 49.4 Å². The molecule has 0 unspecified atom stereocenters. The normalized spacial score (nSPS) is 11.4. The second-order valence-electron chi connectivity index (χ2n) is 4.90. The summed E-state index contributed by atoms with van der Waals surface area (Å²) in [6.07, 6.45) is 0. The minimum Gasteiger partial charge on any atom is -0.495 e. The van der Waals surface area contributed by atoms with Crippen molar-refractivity contribution in [1.29, 1.82) is 0 Å². The molecule has 2 rings (SSSR count). The second kappa shape index (κ2) is 7.65. The van der Waals surface area contributed by atoms with Gasteiger partial charge in [-0.3, -0.25) is 9.59 Å². The van der Waals surface area contributed by atoms with E-state index in [2.05, 4.69) is 10.6 Å². The summed E-state index contributed by atoms with van der Waals surface area (Å²) in [6.45, 7) is 1.61. The molecule has 120 valence electrons. The Morgan fingerprint density at radius 2 is 1.83 bits per heavy atom. The Morgan fingerprint density at radius 3 is 2.43 bits per heavy atom. The number of anilines is 1. The van der Waals surface area contributed by atoms with E-state index < -0.39 is 6.04 Å². The molecular weight excluding hydrogens is 316 g/mol. The molecule has 0 aliphatic rings. The molecule has 23 heavy (non-hydrogen) atoms. The third kappa shape index (κ3) is 4.47. The van der Waals surface area contributed by atoms with Crippen molar-refractivity contribution in [3.05, 3.63) is 59.1 Å². The maximum Gasteiger partial charge on any atom is 0.251 e. The van der Waals surface area contributed by atoms with Gasteiger partial charge in [0.05, 0.1) is 12.1 Å². The summed E-state index contributed by atoms with van der Waals surface area (Å²) < 4.78 is 5.05. The number of hydrogen-bond donors (Lipinski definition) is 2. The third-order valence-corrected chi connectivity index (χ3v) is 3.49. The van der Waals surface area contributed by atoms with Crippen molar-refractivity contribution in [2.75, 3.05) is 12.4 Å². The molecule has 2 amide bonds. The van der Waals surface area contributed by atoms with Gasteiger partial charge in [-0.05, 0) is 37.3 Å². The number of methoxy groups -OCH3 is 1. The molecule has 0 aromatic heterocycles. The molecule has 0 saturated heterocycles. The molecule has 0 heterocycles. The van der Waals surface area contributed by atoms with Gasteiger partial charge < -0.3 is 15.4 Å². The van der Waals surface area contributed by atoms with Crippen LogP contribution in [0.15, 0.2) is 48.5 Å². The number of nitrogens with one attached hydrogen (secondary N) is 2. The van der Waals surface area contributed by atoms with Gasteiger partial charge in [0.25, 0.3) is 5.91 Å². The number of benzene rings is 2. The van der Waals surface area contributed by atoms with Crippen LogP contribution in [-0.4, -0.2) is 25.0 Å². The van der Waals surface area contributed by atoms with Crippen LogP contribution in [0.1, 0.15) is 17.3 Å². The molecule has 0 saturated carbocycles. The third-order valence-electron chi connectivity index (χ3n) is 3.20. The predicted octanol–water partition coefficient (Wildman–Crippen LogP) is 3.11. The minimum atomic E-state index is -0.691. The van der Waals surface area contributed by atoms with Crippen LogP contribution >= 0.6 is 11.6 Å². The van der Waals surface area contributed by atoms with Crippen LogP contribution in [0.5, 0.6) is 5.75 Å². The lowest BCUT2D eigenvalue weighted by Crippen LogP contribution is -2.41. The van der Waals surface area contributed by atoms with Gasteiger partial charge in [0, 0.05) is 11.3 Å². The van der Waals surface area contributed by atoms with Gasteiger partial charge in [-0.25, -0.2) is 0 Å². The number of rotatable bonds is 5. The molecule has 2 aromatic rings. The molecule has 0 radical (unpaired) electrons. The lowest BCUT2D eigenvalue weighted by atomic mass is 10.2. The number of halogens is 1. The van der Waals surface area contributed by atoms with Crippen LogP contribution in [0, 0.1) is 0 Å². The predicted molar refractivity (Wildman–Crippen MR) is 90.0 cm³/mol. The summed E-state index contributed by atoms with van der Waals surface area (Å²) in [5, 5.41) is 5.74. The van der Waals surface area contributed by atoms with Crippen molar-refractivity contribution >= 4 is 29.1 Å². The van der Waals surface area contributed by atoms with E-state index in [1.807, 2.05) is 6.07 Å². The van der Waals surface area contributed by atoms with E-state index in [1.165, 1.54) is 7.11 Å². The molecular formula is C17H17ClN2O3. The Morgan fingerprint density at radius 1 is 1.13 bits per heavy atom. The van der Waals surface area contributed by atoms with Gasteiger partial charge >= 0.3 is 0 Å². The van der Waals surface area contributed by atoms with E-state index >= 15 is 0 Å². The Hall–Kier alpha value is -2.53. The number of amides is 2. The number of carbonyl (C=O) groups excluding carboxylic acids is 2. The van der Waals surface area contributed by atoms with E-state index in [-0.39, 0.29) is 11.8 Å². The minimum absolute atomic E-state index is 0.305. The SMILES string of the molecule is COc1ccc(NC(=O)[C@@H](C)NC(=O)c2ccccc2)cc1Cl. The molecule has 2 aromatic carbocycles. The van der Waals surface area contributed by atoms with E-state index in [0.29, 0.717) is 22.0 Å². The lowest BCUT2D eigenvalue weighted by Gasteiger charge is -2.14. The fourth-order valence-corrected chi connectivity index (χ4v) is 2.19. The van der Waals surface area contributed by atoms with Crippen LogP contribution < -0.4 is 15.4 Å². The van der Waals surface area contributed by atoms with Crippen molar-refractivity contribution in [1.82, 2.24) is 5.32 Å². The summed E-state index contributed by atoms with van der Waals surface area (Å²) in [7, 11) is 1.51. The summed E-state index contributed by atoms with van der Waals surface area (Å²) >= 11 is 6.01. The Bertz CT molecular complexity index is 704. The molecule has 1 atom stereocenters. The maximum absolute atomic E-state index is 12.1. The Balaban J connectivity index is 1.97. The highest BCUT2D eigenvalue weighted by Crippen LogP contribution is 2.27. The fourth-order valence-electron chi connectivity index (χ4n) is 1.93. The van der Waals surface area contributed by atoms with Gasteiger partial charge in [-0.1, -0.05) is 29.8 Å². The topological polar surface area (TPSA) is 67.4 Å². The van der Waals surface area contributed by atoms with Crippen molar-refractivity contribution in [3.63, 3.8) is 0 Å². The van der Waals surface area contributed by atoms with Crippen LogP contribution in [0.2, 0.25) is 5.02 Å². The average Bonchev–Trinajstić information content (AvgIpc) is 2.55.